The number of phenols is 1. The van der Waals surface area contributed by atoms with Crippen LogP contribution < -0.4 is 5.63 Å². The molecule has 1 N–H and O–H groups in total. The number of hydrogen-bond acceptors (Lipinski definition) is 3. The van der Waals surface area contributed by atoms with Crippen LogP contribution in [0.15, 0.2) is 27.4 Å². The highest BCUT2D eigenvalue weighted by Gasteiger charge is 2.07. The number of benzene rings is 1. The van der Waals surface area contributed by atoms with Crippen molar-refractivity contribution in [1.82, 2.24) is 0 Å². The average Bonchev–Trinajstić information content (AvgIpc) is 2.08. The van der Waals surface area contributed by atoms with Gasteiger partial charge >= 0.3 is 5.63 Å². The maximum Gasteiger partial charge on any atom is 0.336 e. The lowest BCUT2D eigenvalue weighted by molar-refractivity contribution is 0.431. The summed E-state index contributed by atoms with van der Waals surface area (Å²) >= 11 is 0. The van der Waals surface area contributed by atoms with Crippen molar-refractivity contribution >= 4 is 11.0 Å². The Bertz CT molecular complexity index is 557. The molecule has 0 atom stereocenters. The van der Waals surface area contributed by atoms with Crippen LogP contribution in [0.25, 0.3) is 11.0 Å². The molecule has 2 rings (SSSR count). The van der Waals surface area contributed by atoms with Crippen LogP contribution in [0.1, 0.15) is 5.56 Å². The molecule has 0 bridgehead atoms. The molecule has 0 aliphatic carbocycles. The van der Waals surface area contributed by atoms with Crippen molar-refractivity contribution in [3.63, 3.8) is 0 Å². The first kappa shape index (κ1) is 8.74. The topological polar surface area (TPSA) is 50.4 Å². The van der Waals surface area contributed by atoms with E-state index >= 15 is 0 Å². The summed E-state index contributed by atoms with van der Waals surface area (Å²) in [6.45, 7) is 1.68. The van der Waals surface area contributed by atoms with E-state index in [9.17, 15) is 9.18 Å². The molecule has 14 heavy (non-hydrogen) atoms. The Morgan fingerprint density at radius 2 is 2.07 bits per heavy atom. The summed E-state index contributed by atoms with van der Waals surface area (Å²) in [5.41, 5.74) is 0.296. The highest BCUT2D eigenvalue weighted by Crippen LogP contribution is 2.24. The zero-order valence-electron chi connectivity index (χ0n) is 7.37. The lowest BCUT2D eigenvalue weighted by atomic mass is 10.1. The highest BCUT2D eigenvalue weighted by molar-refractivity contribution is 5.81. The summed E-state index contributed by atoms with van der Waals surface area (Å²) < 4.78 is 17.8. The third-order valence-electron chi connectivity index (χ3n) is 2.02. The maximum atomic E-state index is 13.0. The molecule has 3 nitrogen and oxygen atoms in total. The van der Waals surface area contributed by atoms with Crippen molar-refractivity contribution in [2.45, 2.75) is 6.92 Å². The van der Waals surface area contributed by atoms with Crippen LogP contribution in [0.2, 0.25) is 0 Å². The first-order chi connectivity index (χ1) is 6.58. The van der Waals surface area contributed by atoms with Crippen LogP contribution in [0, 0.1) is 12.7 Å². The Morgan fingerprint density at radius 1 is 1.36 bits per heavy atom. The monoisotopic (exact) mass is 194 g/mol. The molecule has 0 saturated carbocycles. The third-order valence-corrected chi connectivity index (χ3v) is 2.02. The van der Waals surface area contributed by atoms with Gasteiger partial charge in [0, 0.05) is 17.5 Å². The standard InChI is InChI=1S/C10H7FO3/c1-5-2-10(13)14-9-4-8(12)7(11)3-6(5)9/h2-4,12H,1H3. The van der Waals surface area contributed by atoms with Gasteiger partial charge in [-0.05, 0) is 18.6 Å². The van der Waals surface area contributed by atoms with E-state index in [0.29, 0.717) is 10.9 Å². The number of phenolic OH excluding ortho intramolecular Hbond substituents is 1. The van der Waals surface area contributed by atoms with Crippen molar-refractivity contribution in [1.29, 1.82) is 0 Å². The van der Waals surface area contributed by atoms with Crippen LogP contribution in [0.3, 0.4) is 0 Å². The minimum absolute atomic E-state index is 0.189. The second-order valence-corrected chi connectivity index (χ2v) is 3.05. The van der Waals surface area contributed by atoms with E-state index in [4.69, 9.17) is 9.52 Å². The summed E-state index contributed by atoms with van der Waals surface area (Å²) in [5, 5.41) is 9.55. The first-order valence-electron chi connectivity index (χ1n) is 4.01. The molecule has 0 amide bonds. The molecule has 0 fully saturated rings. The van der Waals surface area contributed by atoms with Gasteiger partial charge in [0.2, 0.25) is 0 Å². The molecule has 0 saturated heterocycles. The molecule has 0 unspecified atom stereocenters. The third kappa shape index (κ3) is 1.25. The minimum atomic E-state index is -0.727. The van der Waals surface area contributed by atoms with Crippen LogP contribution in [-0.2, 0) is 0 Å². The van der Waals surface area contributed by atoms with Gasteiger partial charge in [-0.15, -0.1) is 0 Å². The molecule has 1 heterocycles. The Morgan fingerprint density at radius 3 is 2.79 bits per heavy atom. The molecule has 1 aromatic heterocycles. The van der Waals surface area contributed by atoms with E-state index in [0.717, 1.165) is 12.1 Å². The van der Waals surface area contributed by atoms with E-state index in [2.05, 4.69) is 0 Å². The summed E-state index contributed by atoms with van der Waals surface area (Å²) in [5.74, 6) is -1.25. The Balaban J connectivity index is 2.96. The lowest BCUT2D eigenvalue weighted by Crippen LogP contribution is -1.97. The molecular weight excluding hydrogens is 187 g/mol. The first-order valence-corrected chi connectivity index (χ1v) is 4.01. The van der Waals surface area contributed by atoms with Gasteiger partial charge in [0.05, 0.1) is 0 Å². The summed E-state index contributed by atoms with van der Waals surface area (Å²) in [7, 11) is 0. The van der Waals surface area contributed by atoms with Gasteiger partial charge in [-0.1, -0.05) is 0 Å². The minimum Gasteiger partial charge on any atom is -0.505 e. The fourth-order valence-electron chi connectivity index (χ4n) is 1.33. The van der Waals surface area contributed by atoms with Gasteiger partial charge < -0.3 is 9.52 Å². The van der Waals surface area contributed by atoms with E-state index in [-0.39, 0.29) is 5.58 Å². The molecule has 0 radical (unpaired) electrons. The van der Waals surface area contributed by atoms with E-state index in [1.165, 1.54) is 6.07 Å². The molecule has 0 aliphatic heterocycles. The van der Waals surface area contributed by atoms with E-state index in [1.54, 1.807) is 6.92 Å². The van der Waals surface area contributed by atoms with Gasteiger partial charge in [0.15, 0.2) is 11.6 Å². The SMILES string of the molecule is Cc1cc(=O)oc2cc(O)c(F)cc12. The average molecular weight is 194 g/mol. The predicted octanol–water partition coefficient (Wildman–Crippen LogP) is 1.95. The zero-order chi connectivity index (χ0) is 10.3. The van der Waals surface area contributed by atoms with Crippen LogP contribution >= 0.6 is 0 Å². The number of aryl methyl sites for hydroxylation is 1. The maximum absolute atomic E-state index is 13.0. The predicted molar refractivity (Wildman–Crippen MR) is 48.8 cm³/mol. The normalized spacial score (nSPS) is 10.7. The molecule has 0 spiro atoms. The number of rotatable bonds is 0. The number of fused-ring (bicyclic) bond motifs is 1. The van der Waals surface area contributed by atoms with Crippen LogP contribution in [-0.4, -0.2) is 5.11 Å². The van der Waals surface area contributed by atoms with Gasteiger partial charge in [0.25, 0.3) is 0 Å². The summed E-state index contributed by atoms with van der Waals surface area (Å²) in [4.78, 5) is 11.0. The second-order valence-electron chi connectivity index (χ2n) is 3.05. The Kier molecular flexibility index (Phi) is 1.77. The van der Waals surface area contributed by atoms with Gasteiger partial charge in [0.1, 0.15) is 5.58 Å². The number of hydrogen-bond donors (Lipinski definition) is 1. The van der Waals surface area contributed by atoms with Gasteiger partial charge in [-0.2, -0.15) is 0 Å². The van der Waals surface area contributed by atoms with Crippen molar-refractivity contribution < 1.29 is 13.9 Å². The highest BCUT2D eigenvalue weighted by atomic mass is 19.1. The Labute approximate surface area is 78.4 Å². The quantitative estimate of drug-likeness (QED) is 0.652. The van der Waals surface area contributed by atoms with Gasteiger partial charge in [-0.3, -0.25) is 0 Å². The van der Waals surface area contributed by atoms with E-state index in [1.807, 2.05) is 0 Å². The number of aromatic hydroxyl groups is 1. The molecule has 2 aromatic rings. The molecular formula is C10H7FO3. The van der Waals surface area contributed by atoms with Crippen LogP contribution in [0.5, 0.6) is 5.75 Å². The lowest BCUT2D eigenvalue weighted by Gasteiger charge is -2.01. The molecule has 4 heteroatoms. The summed E-state index contributed by atoms with van der Waals surface area (Å²) in [6, 6.07) is 3.51. The smallest absolute Gasteiger partial charge is 0.336 e. The van der Waals surface area contributed by atoms with Crippen molar-refractivity contribution in [3.8, 4) is 5.75 Å². The van der Waals surface area contributed by atoms with Crippen molar-refractivity contribution in [2.24, 2.45) is 0 Å². The van der Waals surface area contributed by atoms with Crippen molar-refractivity contribution in [2.75, 3.05) is 0 Å². The Hall–Kier alpha value is -1.84. The fourth-order valence-corrected chi connectivity index (χ4v) is 1.33. The molecule has 72 valence electrons. The van der Waals surface area contributed by atoms with E-state index < -0.39 is 17.2 Å². The summed E-state index contributed by atoms with van der Waals surface area (Å²) in [6.07, 6.45) is 0. The second kappa shape index (κ2) is 2.83. The van der Waals surface area contributed by atoms with Crippen molar-refractivity contribution in [3.05, 3.63) is 40.0 Å². The molecule has 0 aliphatic rings. The largest absolute Gasteiger partial charge is 0.505 e. The van der Waals surface area contributed by atoms with Crippen LogP contribution in [0.4, 0.5) is 4.39 Å². The van der Waals surface area contributed by atoms with Gasteiger partial charge in [-0.25, -0.2) is 9.18 Å². The zero-order valence-corrected chi connectivity index (χ0v) is 7.37. The molecule has 1 aromatic carbocycles. The number of halogens is 1. The fraction of sp³-hybridized carbons (Fsp3) is 0.100.